The van der Waals surface area contributed by atoms with Gasteiger partial charge in [0.05, 0.1) is 13.7 Å². The zero-order valence-electron chi connectivity index (χ0n) is 29.2. The summed E-state index contributed by atoms with van der Waals surface area (Å²) in [6.07, 6.45) is 8.60. The number of nitrogens with zero attached hydrogens (tertiary/aromatic N) is 2. The first-order chi connectivity index (χ1) is 23.7. The van der Waals surface area contributed by atoms with Crippen LogP contribution in [0.25, 0.3) is 55.6 Å². The van der Waals surface area contributed by atoms with E-state index in [0.29, 0.717) is 5.92 Å². The zero-order chi connectivity index (χ0) is 34.1. The fraction of sp³-hybridized carbons (Fsp3) is 0.227. The van der Waals surface area contributed by atoms with Gasteiger partial charge in [-0.25, -0.2) is 4.39 Å². The molecule has 8 rings (SSSR count). The smallest absolute Gasteiger partial charge is 0.123 e. The number of pyridine rings is 2. The first-order valence-electron chi connectivity index (χ1n) is 17.2. The number of hydrogen-bond acceptors (Lipinski definition) is 3. The summed E-state index contributed by atoms with van der Waals surface area (Å²) in [5.74, 6) is 0.301. The molecular formula is C44H41FIrN2OSi-2. The molecule has 3 aromatic heterocycles. The second-order valence-electron chi connectivity index (χ2n) is 14.3. The van der Waals surface area contributed by atoms with Crippen LogP contribution in [0.1, 0.15) is 49.3 Å². The number of aromatic nitrogens is 2. The van der Waals surface area contributed by atoms with Crippen LogP contribution in [-0.2, 0) is 32.9 Å². The topological polar surface area (TPSA) is 38.9 Å². The molecule has 1 radical (unpaired) electrons. The number of furan rings is 1. The summed E-state index contributed by atoms with van der Waals surface area (Å²) in [7, 11) is -1.34. The molecule has 0 aliphatic heterocycles. The van der Waals surface area contributed by atoms with Crippen LogP contribution >= 0.6 is 0 Å². The Morgan fingerprint density at radius 2 is 1.58 bits per heavy atom. The molecule has 0 saturated heterocycles. The van der Waals surface area contributed by atoms with E-state index >= 15 is 0 Å². The molecule has 0 spiro atoms. The number of halogens is 1. The summed E-state index contributed by atoms with van der Waals surface area (Å²) in [5.41, 5.74) is 11.8. The molecule has 1 aliphatic carbocycles. The standard InChI is InChI=1S/C27H19FNO.C17H22NSi.Ir/c28-20-11-8-17(9-12-20)19-10-13-22-23-6-3-7-24(27(23)30-25(22)16-19)26-21-5-2-1-4-18(21)14-15-29-26;1-13(2)15-11-16(14-9-7-6-8-10-14)18-12-17(15)19(3,4)5;/h3,6,8-16H,1-2,4-5H2;6-9,11-13H,1-5H3;/q2*-1;. The van der Waals surface area contributed by atoms with Gasteiger partial charge in [0.15, 0.2) is 0 Å². The van der Waals surface area contributed by atoms with Gasteiger partial charge < -0.3 is 14.4 Å². The van der Waals surface area contributed by atoms with Gasteiger partial charge >= 0.3 is 0 Å². The summed E-state index contributed by atoms with van der Waals surface area (Å²) < 4.78 is 19.7. The molecule has 0 N–H and O–H groups in total. The average molecular weight is 853 g/mol. The van der Waals surface area contributed by atoms with Crippen LogP contribution in [0.5, 0.6) is 0 Å². The van der Waals surface area contributed by atoms with E-state index in [0.717, 1.165) is 68.4 Å². The largest absolute Gasteiger partial charge is 0.501 e. The third kappa shape index (κ3) is 7.30. The van der Waals surface area contributed by atoms with Gasteiger partial charge in [0.25, 0.3) is 0 Å². The molecule has 0 saturated carbocycles. The first kappa shape index (κ1) is 35.6. The van der Waals surface area contributed by atoms with E-state index in [1.165, 1.54) is 46.9 Å². The molecule has 255 valence electrons. The molecule has 0 amide bonds. The minimum Gasteiger partial charge on any atom is -0.501 e. The van der Waals surface area contributed by atoms with E-state index in [4.69, 9.17) is 9.40 Å². The van der Waals surface area contributed by atoms with Crippen LogP contribution in [0.3, 0.4) is 0 Å². The number of fused-ring (bicyclic) bond motifs is 4. The SMILES string of the molecule is CC(C)c1cc(-c2[c-]cccc2)ncc1[Si](C)(C)C.Fc1ccc(-c2ccc3c(c2)oc2c(-c4nccc5c4CCCC5)[c-]ccc23)cc1.[Ir]. The van der Waals surface area contributed by atoms with E-state index in [1.54, 1.807) is 12.1 Å². The van der Waals surface area contributed by atoms with Gasteiger partial charge in [-0.3, -0.25) is 0 Å². The van der Waals surface area contributed by atoms with Crippen LogP contribution in [0, 0.1) is 17.9 Å². The maximum Gasteiger partial charge on any atom is 0.123 e. The molecule has 0 bridgehead atoms. The Balaban J connectivity index is 0.000000188. The predicted octanol–water partition coefficient (Wildman–Crippen LogP) is 11.3. The van der Waals surface area contributed by atoms with Crippen molar-refractivity contribution in [3.8, 4) is 33.6 Å². The van der Waals surface area contributed by atoms with Crippen LogP contribution in [0.15, 0.2) is 108 Å². The van der Waals surface area contributed by atoms with Crippen LogP contribution < -0.4 is 5.19 Å². The molecule has 6 heteroatoms. The fourth-order valence-electron chi connectivity index (χ4n) is 6.89. The molecule has 0 fully saturated rings. The van der Waals surface area contributed by atoms with Crippen molar-refractivity contribution in [3.05, 3.63) is 138 Å². The van der Waals surface area contributed by atoms with Crippen LogP contribution in [-0.4, -0.2) is 18.0 Å². The summed E-state index contributed by atoms with van der Waals surface area (Å²) in [6, 6.07) is 35.8. The summed E-state index contributed by atoms with van der Waals surface area (Å²) in [6.45, 7) is 11.7. The van der Waals surface area contributed by atoms with Gasteiger partial charge in [-0.15, -0.1) is 54.1 Å². The Kier molecular flexibility index (Phi) is 10.6. The van der Waals surface area contributed by atoms with E-state index in [-0.39, 0.29) is 25.9 Å². The molecular weight excluding hydrogens is 812 g/mol. The average Bonchev–Trinajstić information content (AvgIpc) is 3.50. The zero-order valence-corrected chi connectivity index (χ0v) is 32.6. The second-order valence-corrected chi connectivity index (χ2v) is 19.3. The number of rotatable bonds is 5. The molecule has 0 atom stereocenters. The molecule has 0 unspecified atom stereocenters. The molecule has 1 aliphatic rings. The van der Waals surface area contributed by atoms with Gasteiger partial charge in [-0.05, 0) is 83.6 Å². The normalized spacial score (nSPS) is 12.7. The van der Waals surface area contributed by atoms with Crippen molar-refractivity contribution in [2.24, 2.45) is 0 Å². The minimum absolute atomic E-state index is 0. The summed E-state index contributed by atoms with van der Waals surface area (Å²) in [5, 5.41) is 3.61. The fourth-order valence-corrected chi connectivity index (χ4v) is 8.57. The molecule has 3 nitrogen and oxygen atoms in total. The van der Waals surface area contributed by atoms with Gasteiger partial charge in [-0.1, -0.05) is 91.5 Å². The van der Waals surface area contributed by atoms with Crippen molar-refractivity contribution < 1.29 is 28.9 Å². The molecule has 3 heterocycles. The van der Waals surface area contributed by atoms with E-state index < -0.39 is 8.07 Å². The number of benzene rings is 4. The Labute approximate surface area is 309 Å². The maximum atomic E-state index is 13.3. The van der Waals surface area contributed by atoms with Crippen molar-refractivity contribution >= 4 is 35.2 Å². The van der Waals surface area contributed by atoms with Crippen LogP contribution in [0.4, 0.5) is 4.39 Å². The molecule has 50 heavy (non-hydrogen) atoms. The van der Waals surface area contributed by atoms with Crippen LogP contribution in [0.2, 0.25) is 19.6 Å². The Morgan fingerprint density at radius 1 is 0.800 bits per heavy atom. The van der Waals surface area contributed by atoms with E-state index in [1.807, 2.05) is 36.5 Å². The van der Waals surface area contributed by atoms with Crippen molar-refractivity contribution in [2.45, 2.75) is 65.1 Å². The van der Waals surface area contributed by atoms with Gasteiger partial charge in [0, 0.05) is 37.9 Å². The Hall–Kier alpha value is -4.22. The Bertz CT molecular complexity index is 2260. The van der Waals surface area contributed by atoms with Crippen molar-refractivity contribution in [3.63, 3.8) is 0 Å². The van der Waals surface area contributed by atoms with Crippen molar-refractivity contribution in [2.75, 3.05) is 0 Å². The van der Waals surface area contributed by atoms with Gasteiger partial charge in [0.2, 0.25) is 0 Å². The van der Waals surface area contributed by atoms with E-state index in [2.05, 4.69) is 93.2 Å². The summed E-state index contributed by atoms with van der Waals surface area (Å²) in [4.78, 5) is 9.39. The quantitative estimate of drug-likeness (QED) is 0.128. The van der Waals surface area contributed by atoms with Crippen molar-refractivity contribution in [1.82, 2.24) is 9.97 Å². The third-order valence-corrected chi connectivity index (χ3v) is 11.5. The molecule has 4 aromatic carbocycles. The Morgan fingerprint density at radius 3 is 2.32 bits per heavy atom. The van der Waals surface area contributed by atoms with Gasteiger partial charge in [0.1, 0.15) is 11.4 Å². The second kappa shape index (κ2) is 14.9. The minimum atomic E-state index is -1.34. The monoisotopic (exact) mass is 853 g/mol. The third-order valence-electron chi connectivity index (χ3n) is 9.47. The first-order valence-corrected chi connectivity index (χ1v) is 20.7. The van der Waals surface area contributed by atoms with Crippen molar-refractivity contribution in [1.29, 1.82) is 0 Å². The maximum absolute atomic E-state index is 13.3. The van der Waals surface area contributed by atoms with Gasteiger partial charge in [-0.2, -0.15) is 0 Å². The number of aryl methyl sites for hydroxylation is 1. The number of hydrogen-bond donors (Lipinski definition) is 0. The predicted molar refractivity (Wildman–Crippen MR) is 203 cm³/mol. The van der Waals surface area contributed by atoms with E-state index in [9.17, 15) is 4.39 Å². The summed E-state index contributed by atoms with van der Waals surface area (Å²) >= 11 is 0. The molecule has 7 aromatic rings.